The van der Waals surface area contributed by atoms with Crippen molar-refractivity contribution in [3.63, 3.8) is 0 Å². The third-order valence-electron chi connectivity index (χ3n) is 2.39. The summed E-state index contributed by atoms with van der Waals surface area (Å²) >= 11 is 5.71. The molecule has 0 saturated heterocycles. The van der Waals surface area contributed by atoms with Crippen LogP contribution in [0.2, 0.25) is 5.02 Å². The summed E-state index contributed by atoms with van der Waals surface area (Å²) in [6.45, 7) is 0. The summed E-state index contributed by atoms with van der Waals surface area (Å²) < 4.78 is 22.1. The van der Waals surface area contributed by atoms with Crippen LogP contribution in [0.15, 0.2) is 24.3 Å². The summed E-state index contributed by atoms with van der Waals surface area (Å²) in [6, 6.07) is 6.48. The third-order valence-corrected chi connectivity index (χ3v) is 3.70. The van der Waals surface area contributed by atoms with E-state index in [1.807, 2.05) is 0 Å². The Bertz CT molecular complexity index is 405. The van der Waals surface area contributed by atoms with Crippen LogP contribution in [-0.4, -0.2) is 6.10 Å². The monoisotopic (exact) mass is 261 g/mol. The van der Waals surface area contributed by atoms with Gasteiger partial charge < -0.3 is 4.52 Å². The maximum Gasteiger partial charge on any atom is 0.456 e. The molecule has 4 nitrogen and oxygen atoms in total. The standard InChI is InChI=1S/C10H13ClNO3P/c11-8-4-6-10(7-5-8)15-16(12,13)14-9-2-1-3-9/h4-7,9H,1-3H2,(H2,12,13). The second-order valence-electron chi connectivity index (χ2n) is 3.74. The van der Waals surface area contributed by atoms with Crippen molar-refractivity contribution in [3.05, 3.63) is 29.3 Å². The minimum Gasteiger partial charge on any atom is -0.413 e. The van der Waals surface area contributed by atoms with E-state index in [-0.39, 0.29) is 6.10 Å². The highest BCUT2D eigenvalue weighted by Crippen LogP contribution is 2.44. The van der Waals surface area contributed by atoms with Crippen molar-refractivity contribution in [3.8, 4) is 5.75 Å². The highest BCUT2D eigenvalue weighted by atomic mass is 35.5. The summed E-state index contributed by atoms with van der Waals surface area (Å²) in [7, 11) is -3.49. The molecule has 0 aliphatic heterocycles. The minimum atomic E-state index is -3.49. The number of rotatable bonds is 4. The predicted octanol–water partition coefficient (Wildman–Crippen LogP) is 3.35. The molecule has 1 aliphatic rings. The normalized spacial score (nSPS) is 19.9. The molecule has 1 aromatic rings. The van der Waals surface area contributed by atoms with E-state index in [2.05, 4.69) is 0 Å². The van der Waals surface area contributed by atoms with Crippen molar-refractivity contribution in [2.45, 2.75) is 25.4 Å². The van der Waals surface area contributed by atoms with E-state index in [4.69, 9.17) is 26.2 Å². The topological polar surface area (TPSA) is 61.6 Å². The largest absolute Gasteiger partial charge is 0.456 e. The maximum absolute atomic E-state index is 11.8. The van der Waals surface area contributed by atoms with E-state index >= 15 is 0 Å². The lowest BCUT2D eigenvalue weighted by atomic mass is 9.97. The van der Waals surface area contributed by atoms with E-state index in [0.717, 1.165) is 19.3 Å². The molecule has 2 N–H and O–H groups in total. The summed E-state index contributed by atoms with van der Waals surface area (Å²) in [5.74, 6) is 0.398. The summed E-state index contributed by atoms with van der Waals surface area (Å²) in [5.41, 5.74) is 5.48. The first-order chi connectivity index (χ1) is 7.55. The van der Waals surface area contributed by atoms with Gasteiger partial charge in [0.1, 0.15) is 5.75 Å². The van der Waals surface area contributed by atoms with E-state index in [0.29, 0.717) is 10.8 Å². The molecule has 1 atom stereocenters. The fraction of sp³-hybridized carbons (Fsp3) is 0.400. The number of hydrogen-bond donors (Lipinski definition) is 1. The van der Waals surface area contributed by atoms with Gasteiger partial charge in [-0.2, -0.15) is 0 Å². The Labute approximate surface area is 99.3 Å². The van der Waals surface area contributed by atoms with Gasteiger partial charge in [-0.3, -0.25) is 4.52 Å². The molecule has 1 saturated carbocycles. The maximum atomic E-state index is 11.8. The zero-order valence-electron chi connectivity index (χ0n) is 8.64. The summed E-state index contributed by atoms with van der Waals surface area (Å²) in [6.07, 6.45) is 2.85. The first-order valence-corrected chi connectivity index (χ1v) is 7.06. The predicted molar refractivity (Wildman–Crippen MR) is 62.6 cm³/mol. The molecule has 1 fully saturated rings. The van der Waals surface area contributed by atoms with Crippen LogP contribution < -0.4 is 10.0 Å². The molecule has 1 unspecified atom stereocenters. The van der Waals surface area contributed by atoms with Crippen molar-refractivity contribution in [1.82, 2.24) is 0 Å². The van der Waals surface area contributed by atoms with Crippen LogP contribution in [0.25, 0.3) is 0 Å². The second kappa shape index (κ2) is 4.76. The van der Waals surface area contributed by atoms with Crippen LogP contribution in [0.4, 0.5) is 0 Å². The molecule has 0 heterocycles. The van der Waals surface area contributed by atoms with Crippen LogP contribution in [0.1, 0.15) is 19.3 Å². The van der Waals surface area contributed by atoms with Gasteiger partial charge in [-0.25, -0.2) is 10.1 Å². The molecule has 0 aromatic heterocycles. The van der Waals surface area contributed by atoms with Crippen molar-refractivity contribution in [1.29, 1.82) is 0 Å². The highest BCUT2D eigenvalue weighted by Gasteiger charge is 2.29. The Balaban J connectivity index is 1.96. The van der Waals surface area contributed by atoms with Crippen molar-refractivity contribution in [2.24, 2.45) is 5.50 Å². The Hall–Kier alpha value is -0.540. The van der Waals surface area contributed by atoms with Gasteiger partial charge in [-0.15, -0.1) is 0 Å². The van der Waals surface area contributed by atoms with Gasteiger partial charge in [0.05, 0.1) is 6.10 Å². The first-order valence-electron chi connectivity index (χ1n) is 5.07. The number of halogens is 1. The lowest BCUT2D eigenvalue weighted by Crippen LogP contribution is -2.23. The molecule has 0 bridgehead atoms. The molecular formula is C10H13ClNO3P. The smallest absolute Gasteiger partial charge is 0.413 e. The Morgan fingerprint density at radius 2 is 1.94 bits per heavy atom. The Morgan fingerprint density at radius 3 is 2.44 bits per heavy atom. The van der Waals surface area contributed by atoms with E-state index in [1.54, 1.807) is 24.3 Å². The van der Waals surface area contributed by atoms with Crippen molar-refractivity contribution in [2.75, 3.05) is 0 Å². The molecule has 0 radical (unpaired) electrons. The first kappa shape index (κ1) is 11.9. The second-order valence-corrected chi connectivity index (χ2v) is 5.65. The lowest BCUT2D eigenvalue weighted by Gasteiger charge is -2.27. The van der Waals surface area contributed by atoms with E-state index < -0.39 is 7.75 Å². The van der Waals surface area contributed by atoms with Gasteiger partial charge in [0.2, 0.25) is 0 Å². The van der Waals surface area contributed by atoms with Gasteiger partial charge in [0.15, 0.2) is 0 Å². The number of benzene rings is 1. The molecule has 16 heavy (non-hydrogen) atoms. The van der Waals surface area contributed by atoms with Crippen LogP contribution in [0.3, 0.4) is 0 Å². The summed E-state index contributed by atoms with van der Waals surface area (Å²) in [4.78, 5) is 0. The van der Waals surface area contributed by atoms with Gasteiger partial charge in [0.25, 0.3) is 0 Å². The quantitative estimate of drug-likeness (QED) is 0.844. The molecule has 6 heteroatoms. The van der Waals surface area contributed by atoms with Gasteiger partial charge >= 0.3 is 7.75 Å². The Morgan fingerprint density at radius 1 is 1.31 bits per heavy atom. The molecule has 0 amide bonds. The van der Waals surface area contributed by atoms with Gasteiger partial charge in [-0.1, -0.05) is 11.6 Å². The number of nitrogens with two attached hydrogens (primary N) is 1. The van der Waals surface area contributed by atoms with Gasteiger partial charge in [-0.05, 0) is 43.5 Å². The highest BCUT2D eigenvalue weighted by molar-refractivity contribution is 7.51. The van der Waals surface area contributed by atoms with Crippen molar-refractivity contribution < 1.29 is 13.6 Å². The fourth-order valence-electron chi connectivity index (χ4n) is 1.35. The van der Waals surface area contributed by atoms with Gasteiger partial charge in [0, 0.05) is 5.02 Å². The number of hydrogen-bond acceptors (Lipinski definition) is 3. The van der Waals surface area contributed by atoms with Crippen LogP contribution in [0.5, 0.6) is 5.75 Å². The molecule has 0 spiro atoms. The third kappa shape index (κ3) is 3.22. The zero-order valence-corrected chi connectivity index (χ0v) is 10.3. The van der Waals surface area contributed by atoms with E-state index in [1.165, 1.54) is 0 Å². The molecular weight excluding hydrogens is 249 g/mol. The lowest BCUT2D eigenvalue weighted by molar-refractivity contribution is 0.106. The summed E-state index contributed by atoms with van der Waals surface area (Å²) in [5, 5.41) is 0.583. The van der Waals surface area contributed by atoms with E-state index in [9.17, 15) is 4.57 Å². The van der Waals surface area contributed by atoms with Crippen LogP contribution in [-0.2, 0) is 9.09 Å². The van der Waals surface area contributed by atoms with Crippen LogP contribution in [0, 0.1) is 0 Å². The molecule has 88 valence electrons. The average Bonchev–Trinajstić information content (AvgIpc) is 2.16. The molecule has 2 rings (SSSR count). The molecule has 1 aliphatic carbocycles. The Kier molecular flexibility index (Phi) is 3.55. The van der Waals surface area contributed by atoms with Crippen molar-refractivity contribution >= 4 is 19.3 Å². The molecule has 1 aromatic carbocycles. The average molecular weight is 262 g/mol. The zero-order chi connectivity index (χ0) is 11.6. The minimum absolute atomic E-state index is 0.0249. The fourth-order valence-corrected chi connectivity index (χ4v) is 2.56. The SMILES string of the molecule is NP(=O)(Oc1ccc(Cl)cc1)OC1CCC1. The van der Waals surface area contributed by atoms with Crippen LogP contribution >= 0.6 is 19.3 Å².